The van der Waals surface area contributed by atoms with Crippen molar-refractivity contribution in [2.75, 3.05) is 0 Å². The molecule has 2 aromatic heterocycles. The number of hydrogen-bond donors (Lipinski definition) is 0. The van der Waals surface area contributed by atoms with Crippen molar-refractivity contribution in [2.24, 2.45) is 0 Å². The van der Waals surface area contributed by atoms with Gasteiger partial charge in [0.05, 0.1) is 22.1 Å². The first kappa shape index (κ1) is 25.3. The monoisotopic (exact) mass is 586 g/mol. The fourth-order valence-electron chi connectivity index (χ4n) is 7.72. The predicted octanol–water partition coefficient (Wildman–Crippen LogP) is 8.50. The fraction of sp³-hybridized carbons (Fsp3) is 0. The van der Waals surface area contributed by atoms with Crippen molar-refractivity contribution in [1.29, 1.82) is 0 Å². The maximum Gasteiger partial charge on any atom is 0.250 e. The SMILES string of the molecule is c1ccc(B2c3ccccc3Oc3cc(-n4c5ccccc5c5ccc6c(c7ccccc7n6-c6ccccc6)c54)ccc32)cc1. The molecule has 10 rings (SSSR count). The van der Waals surface area contributed by atoms with Gasteiger partial charge in [0.1, 0.15) is 11.5 Å². The zero-order chi connectivity index (χ0) is 30.2. The zero-order valence-electron chi connectivity index (χ0n) is 25.0. The number of ether oxygens (including phenoxy) is 1. The van der Waals surface area contributed by atoms with E-state index in [0.717, 1.165) is 22.9 Å². The number of aromatic nitrogens is 2. The summed E-state index contributed by atoms with van der Waals surface area (Å²) in [5, 5.41) is 4.97. The van der Waals surface area contributed by atoms with Crippen molar-refractivity contribution in [1.82, 2.24) is 9.13 Å². The van der Waals surface area contributed by atoms with Gasteiger partial charge in [-0.15, -0.1) is 0 Å². The van der Waals surface area contributed by atoms with Gasteiger partial charge in [-0.2, -0.15) is 0 Å². The number of rotatable bonds is 3. The van der Waals surface area contributed by atoms with E-state index >= 15 is 0 Å². The lowest BCUT2D eigenvalue weighted by atomic mass is 9.36. The molecule has 9 aromatic rings. The van der Waals surface area contributed by atoms with Crippen molar-refractivity contribution in [3.8, 4) is 22.9 Å². The largest absolute Gasteiger partial charge is 0.458 e. The third-order valence-corrected chi connectivity index (χ3v) is 9.63. The first-order valence-corrected chi connectivity index (χ1v) is 15.8. The molecule has 3 nitrogen and oxygen atoms in total. The second-order valence-corrected chi connectivity index (χ2v) is 12.1. The maximum absolute atomic E-state index is 6.69. The van der Waals surface area contributed by atoms with Crippen molar-refractivity contribution in [3.05, 3.63) is 164 Å². The van der Waals surface area contributed by atoms with E-state index in [1.165, 1.54) is 60.0 Å². The highest BCUT2D eigenvalue weighted by Gasteiger charge is 2.32. The number of hydrogen-bond acceptors (Lipinski definition) is 1. The number of fused-ring (bicyclic) bond motifs is 9. The van der Waals surface area contributed by atoms with Gasteiger partial charge in [-0.3, -0.25) is 0 Å². The van der Waals surface area contributed by atoms with Crippen LogP contribution >= 0.6 is 0 Å². The van der Waals surface area contributed by atoms with Crippen LogP contribution in [0.1, 0.15) is 0 Å². The van der Waals surface area contributed by atoms with Crippen LogP contribution in [0.4, 0.5) is 0 Å². The highest BCUT2D eigenvalue weighted by molar-refractivity contribution is 6.96. The van der Waals surface area contributed by atoms with Gasteiger partial charge in [0.2, 0.25) is 0 Å². The van der Waals surface area contributed by atoms with Crippen LogP contribution in [0.3, 0.4) is 0 Å². The standard InChI is InChI=1S/C42H27BN2O/c1-3-13-28(14-4-1)43-34-19-9-12-22-39(34)46-40-27-30(23-25-35(40)43)45-36-20-10-7-17-31(36)32-24-26-38-41(42(32)45)33-18-8-11-21-37(33)44(38)29-15-5-2-6-16-29/h1-27H. The Hall–Kier alpha value is -6.00. The van der Waals surface area contributed by atoms with E-state index in [0.29, 0.717) is 0 Å². The minimum atomic E-state index is 0.101. The van der Waals surface area contributed by atoms with Crippen LogP contribution in [0.2, 0.25) is 0 Å². The van der Waals surface area contributed by atoms with Crippen LogP contribution < -0.4 is 21.1 Å². The van der Waals surface area contributed by atoms with Gasteiger partial charge in [0.25, 0.3) is 6.71 Å². The Morgan fingerprint density at radius 3 is 1.89 bits per heavy atom. The minimum absolute atomic E-state index is 0.101. The molecule has 0 amide bonds. The van der Waals surface area contributed by atoms with E-state index in [2.05, 4.69) is 173 Å². The molecule has 0 bridgehead atoms. The average Bonchev–Trinajstić information content (AvgIpc) is 3.64. The summed E-state index contributed by atoms with van der Waals surface area (Å²) in [6, 6.07) is 58.8. The Bertz CT molecular complexity index is 2620. The molecule has 0 aliphatic carbocycles. The fourth-order valence-corrected chi connectivity index (χ4v) is 7.72. The molecule has 3 heterocycles. The third-order valence-electron chi connectivity index (χ3n) is 9.63. The Kier molecular flexibility index (Phi) is 5.37. The van der Waals surface area contributed by atoms with E-state index < -0.39 is 0 Å². The van der Waals surface area contributed by atoms with Gasteiger partial charge in [-0.05, 0) is 53.4 Å². The van der Waals surface area contributed by atoms with Gasteiger partial charge in [0, 0.05) is 39.0 Å². The predicted molar refractivity (Wildman–Crippen MR) is 193 cm³/mol. The van der Waals surface area contributed by atoms with Crippen molar-refractivity contribution < 1.29 is 4.74 Å². The van der Waals surface area contributed by atoms with Crippen LogP contribution in [-0.4, -0.2) is 15.8 Å². The van der Waals surface area contributed by atoms with Crippen molar-refractivity contribution in [2.45, 2.75) is 0 Å². The van der Waals surface area contributed by atoms with Gasteiger partial charge in [-0.25, -0.2) is 0 Å². The first-order valence-electron chi connectivity index (χ1n) is 15.8. The second kappa shape index (κ2) is 9.75. The molecule has 46 heavy (non-hydrogen) atoms. The molecule has 7 aromatic carbocycles. The summed E-state index contributed by atoms with van der Waals surface area (Å²) < 4.78 is 11.5. The van der Waals surface area contributed by atoms with Gasteiger partial charge >= 0.3 is 0 Å². The Morgan fingerprint density at radius 2 is 1.07 bits per heavy atom. The van der Waals surface area contributed by atoms with E-state index in [9.17, 15) is 0 Å². The van der Waals surface area contributed by atoms with Gasteiger partial charge in [0.15, 0.2) is 0 Å². The topological polar surface area (TPSA) is 19.1 Å². The van der Waals surface area contributed by atoms with E-state index in [1.807, 2.05) is 0 Å². The molecular weight excluding hydrogens is 559 g/mol. The molecule has 0 saturated carbocycles. The molecule has 214 valence electrons. The normalized spacial score (nSPS) is 12.5. The molecule has 0 unspecified atom stereocenters. The van der Waals surface area contributed by atoms with Crippen LogP contribution in [0.25, 0.3) is 55.0 Å². The van der Waals surface area contributed by atoms with Crippen molar-refractivity contribution >= 4 is 66.7 Å². The number of para-hydroxylation sites is 4. The summed E-state index contributed by atoms with van der Waals surface area (Å²) >= 11 is 0. The van der Waals surface area contributed by atoms with Crippen LogP contribution in [0, 0.1) is 0 Å². The third kappa shape index (κ3) is 3.55. The molecule has 0 spiro atoms. The van der Waals surface area contributed by atoms with Gasteiger partial charge in [-0.1, -0.05) is 121 Å². The Labute approximate surface area is 266 Å². The lowest BCUT2D eigenvalue weighted by Crippen LogP contribution is -2.54. The lowest BCUT2D eigenvalue weighted by molar-refractivity contribution is 0.487. The average molecular weight is 587 g/mol. The highest BCUT2D eigenvalue weighted by Crippen LogP contribution is 2.42. The van der Waals surface area contributed by atoms with Crippen molar-refractivity contribution in [3.63, 3.8) is 0 Å². The van der Waals surface area contributed by atoms with Crippen LogP contribution in [0.5, 0.6) is 11.5 Å². The molecule has 4 heteroatoms. The molecule has 1 aliphatic rings. The molecule has 0 radical (unpaired) electrons. The molecule has 0 atom stereocenters. The molecule has 0 N–H and O–H groups in total. The smallest absolute Gasteiger partial charge is 0.250 e. The minimum Gasteiger partial charge on any atom is -0.458 e. The molecule has 1 aliphatic heterocycles. The first-order chi connectivity index (χ1) is 22.8. The number of benzene rings is 7. The quantitative estimate of drug-likeness (QED) is 0.190. The summed E-state index contributed by atoms with van der Waals surface area (Å²) in [6.07, 6.45) is 0. The molecule has 0 fully saturated rings. The Morgan fingerprint density at radius 1 is 0.413 bits per heavy atom. The van der Waals surface area contributed by atoms with E-state index in [4.69, 9.17) is 4.74 Å². The van der Waals surface area contributed by atoms with Crippen LogP contribution in [0.15, 0.2) is 164 Å². The van der Waals surface area contributed by atoms with E-state index in [1.54, 1.807) is 0 Å². The summed E-state index contributed by atoms with van der Waals surface area (Å²) in [5.41, 5.74) is 10.7. The second-order valence-electron chi connectivity index (χ2n) is 12.1. The summed E-state index contributed by atoms with van der Waals surface area (Å²) in [4.78, 5) is 0. The lowest BCUT2D eigenvalue weighted by Gasteiger charge is -2.27. The van der Waals surface area contributed by atoms with E-state index in [-0.39, 0.29) is 6.71 Å². The summed E-state index contributed by atoms with van der Waals surface area (Å²) in [7, 11) is 0. The molecule has 0 saturated heterocycles. The summed E-state index contributed by atoms with van der Waals surface area (Å²) in [6.45, 7) is 0.101. The summed E-state index contributed by atoms with van der Waals surface area (Å²) in [5.74, 6) is 1.81. The van der Waals surface area contributed by atoms with Crippen LogP contribution in [-0.2, 0) is 0 Å². The number of nitrogens with zero attached hydrogens (tertiary/aromatic N) is 2. The maximum atomic E-state index is 6.69. The Balaban J connectivity index is 1.29. The molecular formula is C42H27BN2O. The zero-order valence-corrected chi connectivity index (χ0v) is 25.0. The van der Waals surface area contributed by atoms with Gasteiger partial charge < -0.3 is 13.9 Å². The highest BCUT2D eigenvalue weighted by atomic mass is 16.5.